The van der Waals surface area contributed by atoms with E-state index in [4.69, 9.17) is 15.5 Å². The maximum atomic E-state index is 12.5. The van der Waals surface area contributed by atoms with Crippen molar-refractivity contribution in [2.24, 2.45) is 0 Å². The first-order valence-electron chi connectivity index (χ1n) is 4.88. The van der Waals surface area contributed by atoms with Crippen LogP contribution in [0.5, 0.6) is 0 Å². The molecule has 102 valence electrons. The van der Waals surface area contributed by atoms with Crippen LogP contribution in [0.4, 0.5) is 13.2 Å². The Bertz CT molecular complexity index is 536. The van der Waals surface area contributed by atoms with E-state index < -0.39 is 35.5 Å². The normalized spacial score (nSPS) is 14.5. The zero-order valence-corrected chi connectivity index (χ0v) is 9.22. The Morgan fingerprint density at radius 3 is 2.32 bits per heavy atom. The maximum absolute atomic E-state index is 12.5. The molecule has 0 aliphatic heterocycles. The number of alkyl halides is 3. The van der Waals surface area contributed by atoms with E-state index in [2.05, 4.69) is 0 Å². The van der Waals surface area contributed by atoms with Gasteiger partial charge in [-0.1, -0.05) is 0 Å². The van der Waals surface area contributed by atoms with Crippen LogP contribution in [0.1, 0.15) is 22.8 Å². The fraction of sp³-hybridized carbons (Fsp3) is 0.273. The highest BCUT2D eigenvalue weighted by Crippen LogP contribution is 2.32. The Kier molecular flexibility index (Phi) is 4.14. The average molecular weight is 275 g/mol. The first kappa shape index (κ1) is 14.9. The number of carboxylic acid groups (broad SMARTS) is 1. The Morgan fingerprint density at radius 1 is 1.32 bits per heavy atom. The number of hydrogen-bond acceptors (Lipinski definition) is 4. The molecule has 1 aromatic rings. The van der Waals surface area contributed by atoms with Crippen molar-refractivity contribution in [1.29, 1.82) is 5.26 Å². The van der Waals surface area contributed by atoms with Crippen LogP contribution < -0.4 is 0 Å². The van der Waals surface area contributed by atoms with E-state index in [0.29, 0.717) is 12.1 Å². The van der Waals surface area contributed by atoms with Crippen molar-refractivity contribution in [2.75, 3.05) is 0 Å². The van der Waals surface area contributed by atoms with Gasteiger partial charge in [0.25, 0.3) is 0 Å². The standard InChI is InChI=1S/C11H8F3NO4/c12-11(13,14)6-2-1-5(4-15)7(3-6)8(16)9(17)10(18)19/h1-3,8-9,16-17H,(H,18,19). The molecule has 19 heavy (non-hydrogen) atoms. The van der Waals surface area contributed by atoms with Gasteiger partial charge in [0.15, 0.2) is 6.10 Å². The zero-order valence-electron chi connectivity index (χ0n) is 9.22. The highest BCUT2D eigenvalue weighted by atomic mass is 19.4. The number of aliphatic hydroxyl groups is 2. The summed E-state index contributed by atoms with van der Waals surface area (Å²) in [5, 5.41) is 35.8. The third kappa shape index (κ3) is 3.21. The van der Waals surface area contributed by atoms with Crippen LogP contribution in [-0.2, 0) is 11.0 Å². The number of carbonyl (C=O) groups is 1. The van der Waals surface area contributed by atoms with E-state index in [0.717, 1.165) is 6.07 Å². The van der Waals surface area contributed by atoms with E-state index in [9.17, 15) is 23.1 Å². The smallest absolute Gasteiger partial charge is 0.416 e. The fourth-order valence-electron chi connectivity index (χ4n) is 1.39. The van der Waals surface area contributed by atoms with Crippen LogP contribution in [-0.4, -0.2) is 27.4 Å². The first-order valence-corrected chi connectivity index (χ1v) is 4.88. The predicted octanol–water partition coefficient (Wildman–Crippen LogP) is 1.06. The van der Waals surface area contributed by atoms with Gasteiger partial charge in [-0.25, -0.2) is 4.79 Å². The molecule has 0 saturated heterocycles. The second-order valence-corrected chi connectivity index (χ2v) is 3.64. The van der Waals surface area contributed by atoms with Crippen molar-refractivity contribution in [3.05, 3.63) is 34.9 Å². The van der Waals surface area contributed by atoms with Crippen LogP contribution in [0.15, 0.2) is 18.2 Å². The van der Waals surface area contributed by atoms with Gasteiger partial charge in [0.1, 0.15) is 6.10 Å². The Balaban J connectivity index is 3.32. The summed E-state index contributed by atoms with van der Waals surface area (Å²) in [6, 6.07) is 3.39. The topological polar surface area (TPSA) is 102 Å². The van der Waals surface area contributed by atoms with Crippen LogP contribution in [0.2, 0.25) is 0 Å². The molecule has 0 radical (unpaired) electrons. The van der Waals surface area contributed by atoms with Gasteiger partial charge in [0, 0.05) is 5.56 Å². The summed E-state index contributed by atoms with van der Waals surface area (Å²) in [6.07, 6.45) is -9.17. The number of carboxylic acids is 1. The summed E-state index contributed by atoms with van der Waals surface area (Å²) in [5.41, 5.74) is -2.09. The molecule has 0 aliphatic carbocycles. The fourth-order valence-corrected chi connectivity index (χ4v) is 1.39. The van der Waals surface area contributed by atoms with E-state index in [-0.39, 0.29) is 5.56 Å². The van der Waals surface area contributed by atoms with Crippen molar-refractivity contribution in [3.63, 3.8) is 0 Å². The zero-order chi connectivity index (χ0) is 14.8. The summed E-state index contributed by atoms with van der Waals surface area (Å²) in [6.45, 7) is 0. The molecule has 3 N–H and O–H groups in total. The largest absolute Gasteiger partial charge is 0.479 e. The second-order valence-electron chi connectivity index (χ2n) is 3.64. The second kappa shape index (κ2) is 5.26. The molecule has 0 aromatic heterocycles. The van der Waals surface area contributed by atoms with Gasteiger partial charge in [-0.15, -0.1) is 0 Å². The van der Waals surface area contributed by atoms with E-state index in [1.165, 1.54) is 6.07 Å². The number of hydrogen-bond donors (Lipinski definition) is 3. The number of benzene rings is 1. The van der Waals surface area contributed by atoms with Gasteiger partial charge in [-0.3, -0.25) is 0 Å². The molecule has 0 spiro atoms. The average Bonchev–Trinajstić information content (AvgIpc) is 2.34. The summed E-state index contributed by atoms with van der Waals surface area (Å²) in [4.78, 5) is 10.5. The molecule has 1 rings (SSSR count). The highest BCUT2D eigenvalue weighted by Gasteiger charge is 2.34. The van der Waals surface area contributed by atoms with Crippen LogP contribution in [0.25, 0.3) is 0 Å². The van der Waals surface area contributed by atoms with Crippen LogP contribution in [0, 0.1) is 11.3 Å². The summed E-state index contributed by atoms with van der Waals surface area (Å²) in [5.74, 6) is -1.81. The number of nitriles is 1. The number of nitrogens with zero attached hydrogens (tertiary/aromatic N) is 1. The molecular formula is C11H8F3NO4. The van der Waals surface area contributed by atoms with E-state index in [1.54, 1.807) is 0 Å². The summed E-state index contributed by atoms with van der Waals surface area (Å²) >= 11 is 0. The lowest BCUT2D eigenvalue weighted by molar-refractivity contribution is -0.153. The minimum atomic E-state index is -4.71. The molecule has 0 saturated carbocycles. The van der Waals surface area contributed by atoms with E-state index in [1.807, 2.05) is 0 Å². The van der Waals surface area contributed by atoms with Crippen molar-refractivity contribution in [1.82, 2.24) is 0 Å². The molecule has 5 nitrogen and oxygen atoms in total. The lowest BCUT2D eigenvalue weighted by atomic mass is 9.96. The Labute approximate surface area is 105 Å². The molecule has 0 fully saturated rings. The van der Waals surface area contributed by atoms with Crippen LogP contribution in [0.3, 0.4) is 0 Å². The molecule has 0 bridgehead atoms. The minimum Gasteiger partial charge on any atom is -0.479 e. The number of aliphatic hydroxyl groups excluding tert-OH is 2. The van der Waals surface area contributed by atoms with Gasteiger partial charge in [0.05, 0.1) is 17.2 Å². The predicted molar refractivity (Wildman–Crippen MR) is 54.8 cm³/mol. The van der Waals surface area contributed by atoms with Crippen LogP contribution >= 0.6 is 0 Å². The Morgan fingerprint density at radius 2 is 1.89 bits per heavy atom. The molecule has 0 aliphatic rings. The van der Waals surface area contributed by atoms with Crippen molar-refractivity contribution >= 4 is 5.97 Å². The van der Waals surface area contributed by atoms with Gasteiger partial charge in [-0.05, 0) is 18.2 Å². The van der Waals surface area contributed by atoms with Gasteiger partial charge >= 0.3 is 12.1 Å². The molecule has 0 heterocycles. The number of aliphatic carboxylic acids is 1. The van der Waals surface area contributed by atoms with Gasteiger partial charge < -0.3 is 15.3 Å². The van der Waals surface area contributed by atoms with Crippen molar-refractivity contribution in [3.8, 4) is 6.07 Å². The van der Waals surface area contributed by atoms with E-state index >= 15 is 0 Å². The SMILES string of the molecule is N#Cc1ccc(C(F)(F)F)cc1C(O)C(O)C(=O)O. The molecular weight excluding hydrogens is 267 g/mol. The van der Waals surface area contributed by atoms with Crippen molar-refractivity contribution < 1.29 is 33.3 Å². The lowest BCUT2D eigenvalue weighted by Gasteiger charge is -2.17. The molecule has 2 unspecified atom stereocenters. The highest BCUT2D eigenvalue weighted by molar-refractivity contribution is 5.73. The quantitative estimate of drug-likeness (QED) is 0.765. The third-order valence-electron chi connectivity index (χ3n) is 2.37. The summed E-state index contributed by atoms with van der Waals surface area (Å²) in [7, 11) is 0. The molecule has 0 amide bonds. The van der Waals surface area contributed by atoms with Gasteiger partial charge in [-0.2, -0.15) is 18.4 Å². The molecule has 1 aromatic carbocycles. The van der Waals surface area contributed by atoms with Gasteiger partial charge in [0.2, 0.25) is 0 Å². The third-order valence-corrected chi connectivity index (χ3v) is 2.37. The Hall–Kier alpha value is -2.11. The monoisotopic (exact) mass is 275 g/mol. The lowest BCUT2D eigenvalue weighted by Crippen LogP contribution is -2.28. The van der Waals surface area contributed by atoms with Crippen molar-refractivity contribution in [2.45, 2.75) is 18.4 Å². The number of rotatable bonds is 3. The molecule has 8 heteroatoms. The first-order chi connectivity index (χ1) is 8.68. The summed E-state index contributed by atoms with van der Waals surface area (Å²) < 4.78 is 37.4. The minimum absolute atomic E-state index is 0.346. The number of halogens is 3. The maximum Gasteiger partial charge on any atom is 0.416 e. The molecule has 2 atom stereocenters.